The highest BCUT2D eigenvalue weighted by atomic mass is 16.5. The Balaban J connectivity index is 2.42. The van der Waals surface area contributed by atoms with Crippen molar-refractivity contribution in [2.45, 2.75) is 32.6 Å². The van der Waals surface area contributed by atoms with Crippen molar-refractivity contribution in [1.82, 2.24) is 0 Å². The van der Waals surface area contributed by atoms with E-state index < -0.39 is 0 Å². The van der Waals surface area contributed by atoms with Crippen LogP contribution in [-0.2, 0) is 4.74 Å². The molecule has 0 saturated heterocycles. The molecule has 3 N–H and O–H groups in total. The SMILES string of the molecule is CCC1=CCCC[C@H]1COC(=N)N. The van der Waals surface area contributed by atoms with E-state index in [4.69, 9.17) is 15.9 Å². The zero-order valence-electron chi connectivity index (χ0n) is 8.18. The molecule has 0 spiro atoms. The van der Waals surface area contributed by atoms with Gasteiger partial charge in [-0.2, -0.15) is 0 Å². The predicted molar refractivity (Wildman–Crippen MR) is 53.6 cm³/mol. The number of hydrogen-bond acceptors (Lipinski definition) is 2. The molecule has 0 aromatic heterocycles. The van der Waals surface area contributed by atoms with Crippen molar-refractivity contribution in [3.63, 3.8) is 0 Å². The van der Waals surface area contributed by atoms with Gasteiger partial charge in [0.25, 0.3) is 6.02 Å². The Morgan fingerprint density at radius 3 is 3.15 bits per heavy atom. The lowest BCUT2D eigenvalue weighted by Gasteiger charge is -2.23. The zero-order valence-corrected chi connectivity index (χ0v) is 8.18. The van der Waals surface area contributed by atoms with E-state index >= 15 is 0 Å². The summed E-state index contributed by atoms with van der Waals surface area (Å²) >= 11 is 0. The van der Waals surface area contributed by atoms with Crippen LogP contribution in [0.25, 0.3) is 0 Å². The Morgan fingerprint density at radius 1 is 1.77 bits per heavy atom. The van der Waals surface area contributed by atoms with Crippen molar-refractivity contribution in [2.24, 2.45) is 11.7 Å². The molecule has 0 radical (unpaired) electrons. The van der Waals surface area contributed by atoms with Crippen molar-refractivity contribution < 1.29 is 4.74 Å². The van der Waals surface area contributed by atoms with Crippen LogP contribution in [0.2, 0.25) is 0 Å². The van der Waals surface area contributed by atoms with Crippen LogP contribution in [0.5, 0.6) is 0 Å². The van der Waals surface area contributed by atoms with Crippen molar-refractivity contribution in [1.29, 1.82) is 5.41 Å². The van der Waals surface area contributed by atoms with Gasteiger partial charge in [-0.05, 0) is 25.7 Å². The number of amidine groups is 1. The molecule has 13 heavy (non-hydrogen) atoms. The summed E-state index contributed by atoms with van der Waals surface area (Å²) in [7, 11) is 0. The molecule has 0 heterocycles. The van der Waals surface area contributed by atoms with Crippen LogP contribution in [0.4, 0.5) is 0 Å². The van der Waals surface area contributed by atoms with E-state index in [1.54, 1.807) is 0 Å². The van der Waals surface area contributed by atoms with Crippen molar-refractivity contribution in [3.05, 3.63) is 11.6 Å². The van der Waals surface area contributed by atoms with Crippen LogP contribution >= 0.6 is 0 Å². The van der Waals surface area contributed by atoms with Gasteiger partial charge < -0.3 is 10.5 Å². The summed E-state index contributed by atoms with van der Waals surface area (Å²) in [5, 5.41) is 6.97. The van der Waals surface area contributed by atoms with E-state index in [0.29, 0.717) is 12.5 Å². The Hall–Kier alpha value is -0.990. The van der Waals surface area contributed by atoms with E-state index in [1.807, 2.05) is 0 Å². The van der Waals surface area contributed by atoms with Crippen molar-refractivity contribution in [3.8, 4) is 0 Å². The van der Waals surface area contributed by atoms with Gasteiger partial charge in [0.15, 0.2) is 0 Å². The van der Waals surface area contributed by atoms with Crippen molar-refractivity contribution >= 4 is 6.02 Å². The largest absolute Gasteiger partial charge is 0.465 e. The molecule has 1 aliphatic carbocycles. The molecular weight excluding hydrogens is 164 g/mol. The van der Waals surface area contributed by atoms with Crippen LogP contribution in [-0.4, -0.2) is 12.6 Å². The second kappa shape index (κ2) is 4.90. The third kappa shape index (κ3) is 3.09. The van der Waals surface area contributed by atoms with Crippen LogP contribution in [0.15, 0.2) is 11.6 Å². The molecule has 0 aliphatic heterocycles. The van der Waals surface area contributed by atoms with Crippen LogP contribution in [0.1, 0.15) is 32.6 Å². The molecule has 0 amide bonds. The molecule has 0 aromatic rings. The monoisotopic (exact) mass is 182 g/mol. The van der Waals surface area contributed by atoms with E-state index in [0.717, 1.165) is 6.42 Å². The Bertz CT molecular complexity index is 211. The first kappa shape index (κ1) is 10.1. The molecule has 3 nitrogen and oxygen atoms in total. The standard InChI is InChI=1S/C10H18N2O/c1-2-8-5-3-4-6-9(8)7-13-10(11)12/h5,9H,2-4,6-7H2,1H3,(H3,11,12)/t9-/m0/s1. The second-order valence-corrected chi connectivity index (χ2v) is 3.44. The summed E-state index contributed by atoms with van der Waals surface area (Å²) in [6.07, 6.45) is 6.99. The normalized spacial score (nSPS) is 22.2. The number of rotatable bonds is 3. The minimum atomic E-state index is -0.166. The maximum Gasteiger partial charge on any atom is 0.279 e. The van der Waals surface area contributed by atoms with Gasteiger partial charge >= 0.3 is 0 Å². The molecular formula is C10H18N2O. The van der Waals surface area contributed by atoms with Gasteiger partial charge in [0, 0.05) is 5.92 Å². The van der Waals surface area contributed by atoms with Gasteiger partial charge in [-0.1, -0.05) is 18.6 Å². The molecule has 0 bridgehead atoms. The molecule has 74 valence electrons. The molecule has 3 heteroatoms. The smallest absolute Gasteiger partial charge is 0.279 e. The molecule has 0 aromatic carbocycles. The Labute approximate surface area is 79.5 Å². The lowest BCUT2D eigenvalue weighted by Crippen LogP contribution is -2.21. The second-order valence-electron chi connectivity index (χ2n) is 3.44. The summed E-state index contributed by atoms with van der Waals surface area (Å²) in [6, 6.07) is -0.166. The zero-order chi connectivity index (χ0) is 9.68. The lowest BCUT2D eigenvalue weighted by molar-refractivity contribution is 0.236. The average Bonchev–Trinajstić information content (AvgIpc) is 2.15. The van der Waals surface area contributed by atoms with Crippen LogP contribution in [0.3, 0.4) is 0 Å². The van der Waals surface area contributed by atoms with E-state index in [9.17, 15) is 0 Å². The molecule has 0 saturated carbocycles. The molecule has 0 fully saturated rings. The Morgan fingerprint density at radius 2 is 2.54 bits per heavy atom. The summed E-state index contributed by atoms with van der Waals surface area (Å²) in [5.74, 6) is 0.489. The van der Waals surface area contributed by atoms with Gasteiger partial charge in [0.2, 0.25) is 0 Å². The lowest BCUT2D eigenvalue weighted by atomic mass is 9.87. The molecule has 1 rings (SSSR count). The third-order valence-corrected chi connectivity index (χ3v) is 2.54. The first-order chi connectivity index (χ1) is 6.24. The number of allylic oxidation sites excluding steroid dienone is 1. The Kier molecular flexibility index (Phi) is 3.80. The fourth-order valence-electron chi connectivity index (χ4n) is 1.82. The third-order valence-electron chi connectivity index (χ3n) is 2.54. The first-order valence-corrected chi connectivity index (χ1v) is 4.89. The van der Waals surface area contributed by atoms with Gasteiger partial charge in [0.05, 0.1) is 6.61 Å². The van der Waals surface area contributed by atoms with E-state index in [-0.39, 0.29) is 6.02 Å². The first-order valence-electron chi connectivity index (χ1n) is 4.89. The molecule has 1 aliphatic rings. The van der Waals surface area contributed by atoms with E-state index in [1.165, 1.54) is 24.8 Å². The quantitative estimate of drug-likeness (QED) is 0.398. The predicted octanol–water partition coefficient (Wildman–Crippen LogP) is 2.03. The number of ether oxygens (including phenoxy) is 1. The van der Waals surface area contributed by atoms with E-state index in [2.05, 4.69) is 13.0 Å². The summed E-state index contributed by atoms with van der Waals surface area (Å²) in [6.45, 7) is 2.74. The topological polar surface area (TPSA) is 59.1 Å². The maximum atomic E-state index is 6.97. The summed E-state index contributed by atoms with van der Waals surface area (Å²) < 4.78 is 5.03. The summed E-state index contributed by atoms with van der Waals surface area (Å²) in [5.41, 5.74) is 6.60. The van der Waals surface area contributed by atoms with Crippen LogP contribution < -0.4 is 5.73 Å². The van der Waals surface area contributed by atoms with Gasteiger partial charge in [-0.3, -0.25) is 5.41 Å². The van der Waals surface area contributed by atoms with Gasteiger partial charge in [0.1, 0.15) is 0 Å². The number of nitrogens with two attached hydrogens (primary N) is 1. The minimum Gasteiger partial charge on any atom is -0.465 e. The highest BCUT2D eigenvalue weighted by molar-refractivity contribution is 5.67. The van der Waals surface area contributed by atoms with Gasteiger partial charge in [-0.15, -0.1) is 0 Å². The van der Waals surface area contributed by atoms with Gasteiger partial charge in [-0.25, -0.2) is 0 Å². The van der Waals surface area contributed by atoms with Crippen molar-refractivity contribution in [2.75, 3.05) is 6.61 Å². The average molecular weight is 182 g/mol. The minimum absolute atomic E-state index is 0.166. The fraction of sp³-hybridized carbons (Fsp3) is 0.700. The molecule has 1 atom stereocenters. The highest BCUT2D eigenvalue weighted by Crippen LogP contribution is 2.26. The number of hydrogen-bond donors (Lipinski definition) is 2. The van der Waals surface area contributed by atoms with Crippen LogP contribution in [0, 0.1) is 11.3 Å². The number of nitrogens with one attached hydrogen (secondary N) is 1. The fourth-order valence-corrected chi connectivity index (χ4v) is 1.82. The molecule has 0 unspecified atom stereocenters. The summed E-state index contributed by atoms with van der Waals surface area (Å²) in [4.78, 5) is 0. The maximum absolute atomic E-state index is 6.97. The highest BCUT2D eigenvalue weighted by Gasteiger charge is 2.16.